The largest absolute Gasteiger partial charge is 0.373 e. The van der Waals surface area contributed by atoms with Crippen LogP contribution in [0.5, 0.6) is 0 Å². The molecule has 2 fully saturated rings. The van der Waals surface area contributed by atoms with Gasteiger partial charge >= 0.3 is 0 Å². The molecule has 2 aliphatic heterocycles. The van der Waals surface area contributed by atoms with E-state index in [9.17, 15) is 0 Å². The monoisotopic (exact) mass is 289 g/mol. The smallest absolute Gasteiger partial charge is 0.224 e. The summed E-state index contributed by atoms with van der Waals surface area (Å²) in [4.78, 5) is 18.0. The Hall–Kier alpha value is -1.93. The predicted octanol–water partition coefficient (Wildman–Crippen LogP) is 0.210. The lowest BCUT2D eigenvalue weighted by Gasteiger charge is -2.35. The number of fused-ring (bicyclic) bond motifs is 2. The van der Waals surface area contributed by atoms with Crippen LogP contribution in [-0.4, -0.2) is 63.2 Å². The van der Waals surface area contributed by atoms with Gasteiger partial charge in [-0.1, -0.05) is 0 Å². The van der Waals surface area contributed by atoms with Crippen molar-refractivity contribution in [1.82, 2.24) is 24.8 Å². The Morgan fingerprint density at radius 1 is 1.48 bits per heavy atom. The molecule has 112 valence electrons. The Morgan fingerprint density at radius 2 is 2.43 bits per heavy atom. The molecule has 21 heavy (non-hydrogen) atoms. The van der Waals surface area contributed by atoms with Crippen LogP contribution >= 0.6 is 0 Å². The van der Waals surface area contributed by atoms with Crippen LogP contribution in [0.1, 0.15) is 12.8 Å². The maximum absolute atomic E-state index is 5.93. The highest BCUT2D eigenvalue weighted by Gasteiger charge is 2.32. The van der Waals surface area contributed by atoms with Gasteiger partial charge in [0.2, 0.25) is 5.95 Å². The van der Waals surface area contributed by atoms with Crippen molar-refractivity contribution in [1.29, 1.82) is 0 Å². The van der Waals surface area contributed by atoms with Crippen LogP contribution in [0.15, 0.2) is 6.33 Å². The lowest BCUT2D eigenvalue weighted by molar-refractivity contribution is -0.0415. The van der Waals surface area contributed by atoms with Crippen molar-refractivity contribution >= 4 is 22.9 Å². The van der Waals surface area contributed by atoms with Crippen molar-refractivity contribution in [2.24, 2.45) is 0 Å². The van der Waals surface area contributed by atoms with Crippen LogP contribution in [0.25, 0.3) is 11.2 Å². The molecule has 0 saturated carbocycles. The van der Waals surface area contributed by atoms with Crippen LogP contribution in [0.2, 0.25) is 0 Å². The summed E-state index contributed by atoms with van der Waals surface area (Å²) in [6, 6.07) is 0.621. The predicted molar refractivity (Wildman–Crippen MR) is 78.9 cm³/mol. The van der Waals surface area contributed by atoms with Gasteiger partial charge in [0.1, 0.15) is 5.52 Å². The van der Waals surface area contributed by atoms with Crippen molar-refractivity contribution in [3.63, 3.8) is 0 Å². The molecule has 2 saturated heterocycles. The number of hydrogen-bond acceptors (Lipinski definition) is 7. The number of imidazole rings is 1. The Kier molecular flexibility index (Phi) is 3.12. The summed E-state index contributed by atoms with van der Waals surface area (Å²) in [7, 11) is 0. The number of hydrogen-bond donors (Lipinski definition) is 3. The van der Waals surface area contributed by atoms with E-state index < -0.39 is 0 Å². The van der Waals surface area contributed by atoms with E-state index in [1.165, 1.54) is 19.4 Å². The van der Waals surface area contributed by atoms with Gasteiger partial charge in [0.15, 0.2) is 11.5 Å². The van der Waals surface area contributed by atoms with E-state index in [1.54, 1.807) is 6.33 Å². The molecule has 8 nitrogen and oxygen atoms in total. The molecule has 0 spiro atoms. The minimum atomic E-state index is 0.175. The number of nitrogens with zero attached hydrogens (tertiary/aromatic N) is 4. The van der Waals surface area contributed by atoms with Gasteiger partial charge in [-0.25, -0.2) is 4.98 Å². The summed E-state index contributed by atoms with van der Waals surface area (Å²) in [6.45, 7) is 3.70. The van der Waals surface area contributed by atoms with E-state index in [0.29, 0.717) is 24.1 Å². The number of nitrogen functional groups attached to an aromatic ring is 1. The van der Waals surface area contributed by atoms with Crippen molar-refractivity contribution in [3.05, 3.63) is 6.33 Å². The van der Waals surface area contributed by atoms with Gasteiger partial charge in [0, 0.05) is 19.1 Å². The fraction of sp³-hybridized carbons (Fsp3) is 0.615. The zero-order valence-electron chi connectivity index (χ0n) is 11.7. The summed E-state index contributed by atoms with van der Waals surface area (Å²) in [5.41, 5.74) is 7.06. The average Bonchev–Trinajstić information content (AvgIpc) is 3.12. The van der Waals surface area contributed by atoms with Crippen molar-refractivity contribution in [2.45, 2.75) is 25.0 Å². The molecular weight excluding hydrogens is 270 g/mol. The second-order valence-electron chi connectivity index (χ2n) is 5.66. The Morgan fingerprint density at radius 3 is 3.38 bits per heavy atom. The van der Waals surface area contributed by atoms with Crippen LogP contribution in [0, 0.1) is 0 Å². The highest BCUT2D eigenvalue weighted by molar-refractivity contribution is 5.83. The third-order valence-corrected chi connectivity index (χ3v) is 4.26. The Bertz CT molecular complexity index is 642. The topological polar surface area (TPSA) is 105 Å². The van der Waals surface area contributed by atoms with E-state index in [0.717, 1.165) is 18.7 Å². The summed E-state index contributed by atoms with van der Waals surface area (Å²) in [6.07, 6.45) is 4.31. The summed E-state index contributed by atoms with van der Waals surface area (Å²) in [5, 5.41) is 3.31. The van der Waals surface area contributed by atoms with Crippen molar-refractivity contribution < 1.29 is 4.74 Å². The molecule has 0 bridgehead atoms. The first-order valence-corrected chi connectivity index (χ1v) is 7.36. The van der Waals surface area contributed by atoms with Gasteiger partial charge in [-0.3, -0.25) is 4.90 Å². The number of aromatic nitrogens is 4. The van der Waals surface area contributed by atoms with Crippen LogP contribution in [-0.2, 0) is 4.74 Å². The summed E-state index contributed by atoms with van der Waals surface area (Å²) < 4.78 is 5.93. The van der Waals surface area contributed by atoms with Gasteiger partial charge in [-0.2, -0.15) is 9.97 Å². The van der Waals surface area contributed by atoms with Gasteiger partial charge in [-0.15, -0.1) is 0 Å². The third-order valence-electron chi connectivity index (χ3n) is 4.26. The number of H-pyrrole nitrogens is 1. The minimum absolute atomic E-state index is 0.175. The molecule has 4 heterocycles. The number of aromatic amines is 1. The van der Waals surface area contributed by atoms with E-state index in [1.807, 2.05) is 0 Å². The molecule has 0 radical (unpaired) electrons. The summed E-state index contributed by atoms with van der Waals surface area (Å²) >= 11 is 0. The summed E-state index contributed by atoms with van der Waals surface area (Å²) in [5.74, 6) is 0.906. The van der Waals surface area contributed by atoms with Crippen LogP contribution < -0.4 is 11.1 Å². The van der Waals surface area contributed by atoms with Gasteiger partial charge in [-0.05, 0) is 19.4 Å². The van der Waals surface area contributed by atoms with Crippen molar-refractivity contribution in [2.75, 3.05) is 37.3 Å². The maximum Gasteiger partial charge on any atom is 0.224 e. The lowest BCUT2D eigenvalue weighted by Crippen LogP contribution is -2.48. The molecule has 0 amide bonds. The zero-order chi connectivity index (χ0) is 14.2. The van der Waals surface area contributed by atoms with E-state index in [-0.39, 0.29) is 12.1 Å². The quantitative estimate of drug-likeness (QED) is 0.741. The number of nitrogens with two attached hydrogens (primary N) is 1. The molecule has 0 aliphatic carbocycles. The number of morpholine rings is 1. The molecule has 2 aromatic heterocycles. The second-order valence-corrected chi connectivity index (χ2v) is 5.66. The average molecular weight is 289 g/mol. The Labute approximate surface area is 122 Å². The fourth-order valence-electron chi connectivity index (χ4n) is 3.20. The third kappa shape index (κ3) is 2.40. The molecule has 2 atom stereocenters. The first-order valence-electron chi connectivity index (χ1n) is 7.36. The Balaban J connectivity index is 1.45. The van der Waals surface area contributed by atoms with E-state index in [2.05, 4.69) is 30.2 Å². The molecule has 8 heteroatoms. The lowest BCUT2D eigenvalue weighted by atomic mass is 10.2. The van der Waals surface area contributed by atoms with Crippen molar-refractivity contribution in [3.8, 4) is 0 Å². The molecular formula is C13H19N7O. The van der Waals surface area contributed by atoms with Gasteiger partial charge in [0.25, 0.3) is 0 Å². The number of ether oxygens (including phenoxy) is 1. The normalized spacial score (nSPS) is 26.1. The minimum Gasteiger partial charge on any atom is -0.373 e. The molecule has 4 rings (SSSR count). The van der Waals surface area contributed by atoms with Gasteiger partial charge in [0.05, 0.1) is 19.0 Å². The highest BCUT2D eigenvalue weighted by atomic mass is 16.5. The van der Waals surface area contributed by atoms with E-state index >= 15 is 0 Å². The number of anilines is 2. The first kappa shape index (κ1) is 12.8. The van der Waals surface area contributed by atoms with Gasteiger partial charge < -0.3 is 20.8 Å². The molecule has 2 aromatic rings. The zero-order valence-corrected chi connectivity index (χ0v) is 11.7. The SMILES string of the molecule is Nc1nc(NCC2CN3CCCC3CO2)c2[nH]cnc2n1. The number of rotatable bonds is 3. The maximum atomic E-state index is 5.93. The van der Waals surface area contributed by atoms with Crippen LogP contribution in [0.4, 0.5) is 11.8 Å². The molecule has 2 aliphatic rings. The highest BCUT2D eigenvalue weighted by Crippen LogP contribution is 2.23. The number of nitrogens with one attached hydrogen (secondary N) is 2. The molecule has 2 unspecified atom stereocenters. The van der Waals surface area contributed by atoms with E-state index in [4.69, 9.17) is 10.5 Å². The van der Waals surface area contributed by atoms with Crippen LogP contribution in [0.3, 0.4) is 0 Å². The fourth-order valence-corrected chi connectivity index (χ4v) is 3.20. The first-order chi connectivity index (χ1) is 10.3. The second kappa shape index (κ2) is 5.12. The molecule has 4 N–H and O–H groups in total. The standard InChI is InChI=1S/C13H19N7O/c14-13-18-11(10-12(19-13)17-7-16-10)15-4-9-5-20-3-1-2-8(20)6-21-9/h7-9H,1-6H2,(H4,14,15,16,17,18,19). The molecule has 0 aromatic carbocycles.